The number of nitriles is 2. The molecular formula is C21H14ClN5O2. The number of nitrogens with zero attached hydrogens (tertiary/aromatic N) is 5. The third-order valence-electron chi connectivity index (χ3n) is 4.67. The van der Waals surface area contributed by atoms with Gasteiger partial charge >= 0.3 is 0 Å². The van der Waals surface area contributed by atoms with Gasteiger partial charge in [-0.25, -0.2) is 0 Å². The minimum atomic E-state index is -0.839. The number of aliphatic hydroxyl groups excluding tert-OH is 1. The number of hydrogen-bond donors (Lipinski definition) is 1. The van der Waals surface area contributed by atoms with E-state index in [1.807, 2.05) is 0 Å². The van der Waals surface area contributed by atoms with Gasteiger partial charge in [0.05, 0.1) is 33.8 Å². The Morgan fingerprint density at radius 3 is 2.48 bits per heavy atom. The van der Waals surface area contributed by atoms with Crippen LogP contribution in [0, 0.1) is 22.7 Å². The number of rotatable bonds is 4. The first-order chi connectivity index (χ1) is 14.0. The van der Waals surface area contributed by atoms with Crippen LogP contribution in [0.4, 0.5) is 0 Å². The van der Waals surface area contributed by atoms with Gasteiger partial charge in [-0.3, -0.25) is 0 Å². The van der Waals surface area contributed by atoms with E-state index in [1.54, 1.807) is 60.2 Å². The molecule has 2 aromatic heterocycles. The minimum Gasteiger partial charge on any atom is -0.418 e. The van der Waals surface area contributed by atoms with Crippen molar-refractivity contribution in [2.75, 3.05) is 0 Å². The smallest absolute Gasteiger partial charge is 0.247 e. The standard InChI is InChI=1S/C21H14ClN5O2/c1-12(28)19(27-9-8-16-17(27)7-6-15(11-24)18(16)22)21-26-25-20(29-21)14-4-2-13(10-23)3-5-14/h2-9,12,19,28H,1H3. The predicted molar refractivity (Wildman–Crippen MR) is 106 cm³/mol. The molecule has 0 fully saturated rings. The van der Waals surface area contributed by atoms with Gasteiger partial charge in [0.15, 0.2) is 0 Å². The highest BCUT2D eigenvalue weighted by Gasteiger charge is 2.27. The number of aromatic nitrogens is 3. The lowest BCUT2D eigenvalue weighted by molar-refractivity contribution is 0.136. The Kier molecular flexibility index (Phi) is 4.77. The lowest BCUT2D eigenvalue weighted by atomic mass is 10.1. The second-order valence-corrected chi connectivity index (χ2v) is 6.89. The van der Waals surface area contributed by atoms with Gasteiger partial charge in [0.2, 0.25) is 11.8 Å². The van der Waals surface area contributed by atoms with Gasteiger partial charge < -0.3 is 14.1 Å². The first-order valence-corrected chi connectivity index (χ1v) is 9.12. The molecule has 0 bridgehead atoms. The molecule has 7 nitrogen and oxygen atoms in total. The van der Waals surface area contributed by atoms with E-state index in [4.69, 9.17) is 21.3 Å². The Morgan fingerprint density at radius 2 is 1.83 bits per heavy atom. The normalized spacial score (nSPS) is 13.0. The van der Waals surface area contributed by atoms with Gasteiger partial charge in [0.1, 0.15) is 12.1 Å². The molecule has 0 spiro atoms. The van der Waals surface area contributed by atoms with Crippen molar-refractivity contribution in [3.05, 3.63) is 70.7 Å². The summed E-state index contributed by atoms with van der Waals surface area (Å²) < 4.78 is 7.64. The van der Waals surface area contributed by atoms with Crippen LogP contribution in [-0.2, 0) is 0 Å². The topological polar surface area (TPSA) is 112 Å². The molecule has 2 unspecified atom stereocenters. The quantitative estimate of drug-likeness (QED) is 0.550. The molecule has 1 N–H and O–H groups in total. The van der Waals surface area contributed by atoms with E-state index < -0.39 is 12.1 Å². The van der Waals surface area contributed by atoms with Crippen molar-refractivity contribution in [2.24, 2.45) is 0 Å². The van der Waals surface area contributed by atoms with Crippen LogP contribution in [0.1, 0.15) is 30.0 Å². The monoisotopic (exact) mass is 403 g/mol. The fourth-order valence-corrected chi connectivity index (χ4v) is 3.51. The van der Waals surface area contributed by atoms with E-state index in [1.165, 1.54) is 0 Å². The molecule has 2 atom stereocenters. The van der Waals surface area contributed by atoms with Crippen molar-refractivity contribution >= 4 is 22.5 Å². The summed E-state index contributed by atoms with van der Waals surface area (Å²) in [6.07, 6.45) is 0.926. The summed E-state index contributed by atoms with van der Waals surface area (Å²) in [7, 11) is 0. The summed E-state index contributed by atoms with van der Waals surface area (Å²) in [6, 6.07) is 15.4. The number of aliphatic hydroxyl groups is 1. The van der Waals surface area contributed by atoms with Crippen LogP contribution in [-0.4, -0.2) is 26.0 Å². The van der Waals surface area contributed by atoms with Crippen LogP contribution in [0.5, 0.6) is 0 Å². The zero-order valence-electron chi connectivity index (χ0n) is 15.2. The summed E-state index contributed by atoms with van der Waals surface area (Å²) in [5.74, 6) is 0.522. The Labute approximate surface area is 171 Å². The van der Waals surface area contributed by atoms with Gasteiger partial charge in [-0.2, -0.15) is 10.5 Å². The Balaban J connectivity index is 1.77. The van der Waals surface area contributed by atoms with Crippen molar-refractivity contribution in [3.8, 4) is 23.6 Å². The van der Waals surface area contributed by atoms with Crippen LogP contribution < -0.4 is 0 Å². The Morgan fingerprint density at radius 1 is 1.07 bits per heavy atom. The summed E-state index contributed by atoms with van der Waals surface area (Å²) >= 11 is 6.32. The van der Waals surface area contributed by atoms with E-state index in [-0.39, 0.29) is 11.8 Å². The molecule has 0 aliphatic carbocycles. The number of hydrogen-bond acceptors (Lipinski definition) is 6. The van der Waals surface area contributed by atoms with Gasteiger partial charge in [0.25, 0.3) is 0 Å². The SMILES string of the molecule is CC(O)C(c1nnc(-c2ccc(C#N)cc2)o1)n1ccc2c(Cl)c(C#N)ccc21. The molecule has 0 saturated carbocycles. The highest BCUT2D eigenvalue weighted by atomic mass is 35.5. The van der Waals surface area contributed by atoms with Crippen LogP contribution in [0.25, 0.3) is 22.4 Å². The van der Waals surface area contributed by atoms with E-state index >= 15 is 0 Å². The first kappa shape index (κ1) is 18.7. The summed E-state index contributed by atoms with van der Waals surface area (Å²) in [5.41, 5.74) is 2.32. The third kappa shape index (κ3) is 3.23. The third-order valence-corrected chi connectivity index (χ3v) is 5.08. The average molecular weight is 404 g/mol. The van der Waals surface area contributed by atoms with Crippen molar-refractivity contribution in [1.29, 1.82) is 10.5 Å². The lowest BCUT2D eigenvalue weighted by Gasteiger charge is -2.19. The van der Waals surface area contributed by atoms with Crippen molar-refractivity contribution < 1.29 is 9.52 Å². The summed E-state index contributed by atoms with van der Waals surface area (Å²) in [5, 5.41) is 37.8. The molecule has 142 valence electrons. The zero-order valence-corrected chi connectivity index (χ0v) is 16.0. The number of fused-ring (bicyclic) bond motifs is 1. The molecule has 4 rings (SSSR count). The van der Waals surface area contributed by atoms with E-state index in [0.29, 0.717) is 27.1 Å². The summed E-state index contributed by atoms with van der Waals surface area (Å²) in [6.45, 7) is 1.63. The molecule has 2 aromatic carbocycles. The number of benzene rings is 2. The van der Waals surface area contributed by atoms with Gasteiger partial charge in [-0.15, -0.1) is 10.2 Å². The Hall–Kier alpha value is -3.65. The lowest BCUT2D eigenvalue weighted by Crippen LogP contribution is -2.22. The second kappa shape index (κ2) is 7.40. The molecule has 2 heterocycles. The number of halogens is 1. The Bertz CT molecular complexity index is 1280. The van der Waals surface area contributed by atoms with E-state index in [0.717, 1.165) is 5.52 Å². The molecular weight excluding hydrogens is 390 g/mol. The molecule has 0 aliphatic heterocycles. The fraction of sp³-hybridized carbons (Fsp3) is 0.143. The molecule has 4 aromatic rings. The predicted octanol–water partition coefficient (Wildman–Crippen LogP) is 4.06. The first-order valence-electron chi connectivity index (χ1n) is 8.74. The van der Waals surface area contributed by atoms with Crippen LogP contribution >= 0.6 is 11.6 Å². The minimum absolute atomic E-state index is 0.234. The van der Waals surface area contributed by atoms with Crippen LogP contribution in [0.15, 0.2) is 53.1 Å². The van der Waals surface area contributed by atoms with Gasteiger partial charge in [-0.05, 0) is 49.4 Å². The molecule has 29 heavy (non-hydrogen) atoms. The van der Waals surface area contributed by atoms with Crippen LogP contribution in [0.3, 0.4) is 0 Å². The molecule has 8 heteroatoms. The molecule has 0 saturated heterocycles. The van der Waals surface area contributed by atoms with Crippen molar-refractivity contribution in [1.82, 2.24) is 14.8 Å². The highest BCUT2D eigenvalue weighted by Crippen LogP contribution is 2.33. The maximum absolute atomic E-state index is 10.4. The average Bonchev–Trinajstić information content (AvgIpc) is 3.37. The molecule has 0 aliphatic rings. The van der Waals surface area contributed by atoms with Crippen molar-refractivity contribution in [2.45, 2.75) is 19.1 Å². The maximum atomic E-state index is 10.4. The van der Waals surface area contributed by atoms with Crippen molar-refractivity contribution in [3.63, 3.8) is 0 Å². The summed E-state index contributed by atoms with van der Waals surface area (Å²) in [4.78, 5) is 0. The maximum Gasteiger partial charge on any atom is 0.247 e. The molecule has 0 radical (unpaired) electrons. The zero-order chi connectivity index (χ0) is 20.5. The van der Waals surface area contributed by atoms with E-state index in [2.05, 4.69) is 22.3 Å². The van der Waals surface area contributed by atoms with Crippen LogP contribution in [0.2, 0.25) is 5.02 Å². The van der Waals surface area contributed by atoms with Gasteiger partial charge in [0, 0.05) is 17.1 Å². The fourth-order valence-electron chi connectivity index (χ4n) is 3.25. The molecule has 0 amide bonds. The second-order valence-electron chi connectivity index (χ2n) is 6.51. The van der Waals surface area contributed by atoms with Gasteiger partial charge in [-0.1, -0.05) is 11.6 Å². The largest absolute Gasteiger partial charge is 0.418 e. The van der Waals surface area contributed by atoms with E-state index in [9.17, 15) is 10.4 Å². The highest BCUT2D eigenvalue weighted by molar-refractivity contribution is 6.36.